The van der Waals surface area contributed by atoms with E-state index < -0.39 is 0 Å². The summed E-state index contributed by atoms with van der Waals surface area (Å²) >= 11 is 3.26. The lowest BCUT2D eigenvalue weighted by atomic mass is 10.1. The van der Waals surface area contributed by atoms with E-state index in [-0.39, 0.29) is 17.2 Å². The summed E-state index contributed by atoms with van der Waals surface area (Å²) in [6, 6.07) is 10.8. The van der Waals surface area contributed by atoms with Gasteiger partial charge in [0, 0.05) is 17.2 Å². The highest BCUT2D eigenvalue weighted by Crippen LogP contribution is 2.26. The maximum absolute atomic E-state index is 12.5. The summed E-state index contributed by atoms with van der Waals surface area (Å²) in [7, 11) is 1.71. The molecule has 0 atom stereocenters. The van der Waals surface area contributed by atoms with Gasteiger partial charge >= 0.3 is 0 Å². The number of rotatable bonds is 2. The van der Waals surface area contributed by atoms with Crippen LogP contribution in [-0.2, 0) is 0 Å². The van der Waals surface area contributed by atoms with Crippen molar-refractivity contribution in [1.29, 1.82) is 0 Å². The van der Waals surface area contributed by atoms with E-state index in [2.05, 4.69) is 22.0 Å². The number of aromatic hydroxyl groups is 1. The highest BCUT2D eigenvalue weighted by Gasteiger charge is 2.17. The first-order valence-electron chi connectivity index (χ1n) is 6.23. The van der Waals surface area contributed by atoms with Gasteiger partial charge in [0.1, 0.15) is 5.75 Å². The summed E-state index contributed by atoms with van der Waals surface area (Å²) in [6.07, 6.45) is 0. The Labute approximate surface area is 127 Å². The van der Waals surface area contributed by atoms with Crippen molar-refractivity contribution in [3.05, 3.63) is 57.6 Å². The van der Waals surface area contributed by atoms with Gasteiger partial charge in [-0.25, -0.2) is 0 Å². The molecule has 0 aliphatic carbocycles. The van der Waals surface area contributed by atoms with Crippen LogP contribution in [0.15, 0.2) is 40.9 Å². The molecule has 0 aromatic heterocycles. The minimum absolute atomic E-state index is 0.0272. The molecule has 2 aromatic rings. The third kappa shape index (κ3) is 3.02. The predicted octanol–water partition coefficient (Wildman–Crippen LogP) is 4.05. The van der Waals surface area contributed by atoms with Crippen LogP contribution in [0.25, 0.3) is 0 Å². The second kappa shape index (κ2) is 5.67. The van der Waals surface area contributed by atoms with Gasteiger partial charge in [0.25, 0.3) is 5.91 Å². The quantitative estimate of drug-likeness (QED) is 0.900. The van der Waals surface area contributed by atoms with E-state index in [1.807, 2.05) is 26.0 Å². The second-order valence-electron chi connectivity index (χ2n) is 4.87. The maximum Gasteiger partial charge on any atom is 0.261 e. The lowest BCUT2D eigenvalue weighted by Gasteiger charge is -2.19. The second-order valence-corrected chi connectivity index (χ2v) is 5.79. The van der Waals surface area contributed by atoms with E-state index in [0.29, 0.717) is 0 Å². The van der Waals surface area contributed by atoms with Crippen LogP contribution >= 0.6 is 15.9 Å². The van der Waals surface area contributed by atoms with Crippen LogP contribution in [-0.4, -0.2) is 18.1 Å². The third-order valence-corrected chi connectivity index (χ3v) is 3.58. The van der Waals surface area contributed by atoms with Crippen molar-refractivity contribution in [2.45, 2.75) is 13.8 Å². The van der Waals surface area contributed by atoms with Gasteiger partial charge in [-0.05, 0) is 55.3 Å². The first-order chi connectivity index (χ1) is 9.38. The minimum atomic E-state index is -0.236. The van der Waals surface area contributed by atoms with Crippen LogP contribution in [0.4, 0.5) is 5.69 Å². The van der Waals surface area contributed by atoms with Gasteiger partial charge < -0.3 is 10.0 Å². The van der Waals surface area contributed by atoms with E-state index in [0.717, 1.165) is 21.3 Å². The molecule has 104 valence electrons. The molecule has 20 heavy (non-hydrogen) atoms. The number of anilines is 1. The molecule has 1 N–H and O–H groups in total. The molecule has 4 heteroatoms. The first kappa shape index (κ1) is 14.6. The van der Waals surface area contributed by atoms with Gasteiger partial charge in [-0.2, -0.15) is 0 Å². The molecule has 0 saturated carbocycles. The van der Waals surface area contributed by atoms with Crippen molar-refractivity contribution >= 4 is 27.5 Å². The number of halogens is 1. The van der Waals surface area contributed by atoms with Crippen LogP contribution in [0.5, 0.6) is 5.75 Å². The number of aryl methyl sites for hydroxylation is 2. The number of carbonyl (C=O) groups excluding carboxylic acids is 1. The zero-order valence-corrected chi connectivity index (χ0v) is 13.2. The van der Waals surface area contributed by atoms with Crippen LogP contribution < -0.4 is 4.90 Å². The summed E-state index contributed by atoms with van der Waals surface area (Å²) in [5.41, 5.74) is 3.30. The van der Waals surface area contributed by atoms with E-state index >= 15 is 0 Å². The molecule has 0 heterocycles. The summed E-state index contributed by atoms with van der Waals surface area (Å²) in [4.78, 5) is 14.0. The van der Waals surface area contributed by atoms with Crippen molar-refractivity contribution in [3.8, 4) is 5.75 Å². The zero-order chi connectivity index (χ0) is 14.9. The number of phenolic OH excluding ortho intramolecular Hbond substituents is 1. The Morgan fingerprint density at radius 2 is 1.70 bits per heavy atom. The molecular formula is C16H16BrNO2. The standard InChI is InChI=1S/C16H16BrNO2/c1-10-6-11(2)8-13(7-10)18(3)16(20)14-5-4-12(17)9-15(14)19/h4-9,19H,1-3H3. The zero-order valence-electron chi connectivity index (χ0n) is 11.6. The van der Waals surface area contributed by atoms with Crippen molar-refractivity contribution in [2.24, 2.45) is 0 Å². The highest BCUT2D eigenvalue weighted by atomic mass is 79.9. The molecule has 0 aliphatic heterocycles. The lowest BCUT2D eigenvalue weighted by Crippen LogP contribution is -2.26. The van der Waals surface area contributed by atoms with E-state index in [1.54, 1.807) is 24.1 Å². The van der Waals surface area contributed by atoms with Crippen molar-refractivity contribution < 1.29 is 9.90 Å². The summed E-state index contributed by atoms with van der Waals surface area (Å²) in [5, 5.41) is 9.89. The smallest absolute Gasteiger partial charge is 0.261 e. The van der Waals surface area contributed by atoms with Gasteiger partial charge in [-0.3, -0.25) is 4.79 Å². The number of carbonyl (C=O) groups is 1. The number of amides is 1. The van der Waals surface area contributed by atoms with Crippen molar-refractivity contribution in [1.82, 2.24) is 0 Å². The maximum atomic E-state index is 12.5. The van der Waals surface area contributed by atoms with Gasteiger partial charge in [0.2, 0.25) is 0 Å². The molecule has 0 bridgehead atoms. The van der Waals surface area contributed by atoms with E-state index in [4.69, 9.17) is 0 Å². The summed E-state index contributed by atoms with van der Waals surface area (Å²) in [5.74, 6) is -0.263. The number of phenols is 1. The molecule has 0 saturated heterocycles. The molecule has 0 unspecified atom stereocenters. The van der Waals surface area contributed by atoms with Gasteiger partial charge in [-0.15, -0.1) is 0 Å². The molecule has 0 aliphatic rings. The van der Waals surface area contributed by atoms with Crippen LogP contribution in [0.3, 0.4) is 0 Å². The number of hydrogen-bond acceptors (Lipinski definition) is 2. The molecule has 2 aromatic carbocycles. The normalized spacial score (nSPS) is 10.4. The Kier molecular flexibility index (Phi) is 4.14. The van der Waals surface area contributed by atoms with Crippen LogP contribution in [0, 0.1) is 13.8 Å². The average Bonchev–Trinajstić information content (AvgIpc) is 2.36. The van der Waals surface area contributed by atoms with Crippen LogP contribution in [0.2, 0.25) is 0 Å². The van der Waals surface area contributed by atoms with Crippen LogP contribution in [0.1, 0.15) is 21.5 Å². The molecule has 2 rings (SSSR count). The van der Waals surface area contributed by atoms with Gasteiger partial charge in [0.15, 0.2) is 0 Å². The molecule has 1 amide bonds. The lowest BCUT2D eigenvalue weighted by molar-refractivity contribution is 0.0990. The summed E-state index contributed by atoms with van der Waals surface area (Å²) < 4.78 is 0.737. The number of hydrogen-bond donors (Lipinski definition) is 1. The Hall–Kier alpha value is -1.81. The third-order valence-electron chi connectivity index (χ3n) is 3.09. The van der Waals surface area contributed by atoms with Gasteiger partial charge in [-0.1, -0.05) is 22.0 Å². The largest absolute Gasteiger partial charge is 0.507 e. The first-order valence-corrected chi connectivity index (χ1v) is 7.02. The fraction of sp³-hybridized carbons (Fsp3) is 0.188. The molecule has 3 nitrogen and oxygen atoms in total. The van der Waals surface area contributed by atoms with Gasteiger partial charge in [0.05, 0.1) is 5.56 Å². The topological polar surface area (TPSA) is 40.5 Å². The number of benzene rings is 2. The molecular weight excluding hydrogens is 318 g/mol. The predicted molar refractivity (Wildman–Crippen MR) is 84.5 cm³/mol. The fourth-order valence-electron chi connectivity index (χ4n) is 2.13. The Balaban J connectivity index is 2.37. The summed E-state index contributed by atoms with van der Waals surface area (Å²) in [6.45, 7) is 3.98. The highest BCUT2D eigenvalue weighted by molar-refractivity contribution is 9.10. The Morgan fingerprint density at radius 3 is 2.25 bits per heavy atom. The number of nitrogens with zero attached hydrogens (tertiary/aromatic N) is 1. The minimum Gasteiger partial charge on any atom is -0.507 e. The van der Waals surface area contributed by atoms with Crippen molar-refractivity contribution in [2.75, 3.05) is 11.9 Å². The SMILES string of the molecule is Cc1cc(C)cc(N(C)C(=O)c2ccc(Br)cc2O)c1. The van der Waals surface area contributed by atoms with E-state index in [9.17, 15) is 9.90 Å². The van der Waals surface area contributed by atoms with E-state index in [1.165, 1.54) is 6.07 Å². The molecule has 0 radical (unpaired) electrons. The monoisotopic (exact) mass is 333 g/mol. The Bertz CT molecular complexity index is 647. The fourth-order valence-corrected chi connectivity index (χ4v) is 2.48. The molecule has 0 fully saturated rings. The average molecular weight is 334 g/mol. The molecule has 0 spiro atoms. The Morgan fingerprint density at radius 1 is 1.10 bits per heavy atom. The van der Waals surface area contributed by atoms with Crippen molar-refractivity contribution in [3.63, 3.8) is 0 Å².